The van der Waals surface area contributed by atoms with Crippen molar-refractivity contribution in [1.82, 2.24) is 0 Å². The molecule has 9 heteroatoms. The topological polar surface area (TPSA) is 69.1 Å². The van der Waals surface area contributed by atoms with Crippen LogP contribution >= 0.6 is 0 Å². The molecule has 2 rings (SSSR count). The lowest BCUT2D eigenvalue weighted by atomic mass is 10.1. The molecule has 0 radical (unpaired) electrons. The molecule has 1 heterocycles. The molecule has 5 nitrogen and oxygen atoms in total. The highest BCUT2D eigenvalue weighted by molar-refractivity contribution is 5.95. The van der Waals surface area contributed by atoms with E-state index in [0.29, 0.717) is 12.1 Å². The monoisotopic (exact) mass is 302 g/mol. The number of anilines is 1. The second-order valence-electron chi connectivity index (χ2n) is 4.65. The Balaban J connectivity index is 2.21. The molecule has 1 aromatic carbocycles. The van der Waals surface area contributed by atoms with Crippen LogP contribution in [0.15, 0.2) is 23.3 Å². The van der Waals surface area contributed by atoms with E-state index in [0.717, 1.165) is 6.07 Å². The third kappa shape index (κ3) is 3.25. The van der Waals surface area contributed by atoms with Gasteiger partial charge >= 0.3 is 6.18 Å². The van der Waals surface area contributed by atoms with Crippen molar-refractivity contribution in [3.8, 4) is 0 Å². The number of halogens is 4. The van der Waals surface area contributed by atoms with Gasteiger partial charge in [-0.25, -0.2) is 4.39 Å². The van der Waals surface area contributed by atoms with E-state index < -0.39 is 17.6 Å². The first-order valence-electron chi connectivity index (χ1n) is 6.01. The Bertz CT molecular complexity index is 610. The molecule has 112 valence electrons. The number of benzene rings is 1. The maximum absolute atomic E-state index is 13.5. The highest BCUT2D eigenvalue weighted by atomic mass is 19.4. The molecular weight excluding hydrogens is 292 g/mol. The number of alkyl halides is 3. The van der Waals surface area contributed by atoms with E-state index in [1.54, 1.807) is 0 Å². The minimum absolute atomic E-state index is 0.0638. The average Bonchev–Trinajstić information content (AvgIpc) is 2.76. The van der Waals surface area contributed by atoms with Gasteiger partial charge in [-0.05, 0) is 29.6 Å². The Kier molecular flexibility index (Phi) is 4.04. The number of azide groups is 1. The van der Waals surface area contributed by atoms with Crippen LogP contribution in [0.4, 0.5) is 23.2 Å². The van der Waals surface area contributed by atoms with Crippen LogP contribution in [0.2, 0.25) is 0 Å². The number of carbonyl (C=O) groups is 1. The maximum Gasteiger partial charge on any atom is 0.419 e. The molecule has 1 amide bonds. The number of nitrogens with zero attached hydrogens (tertiary/aromatic N) is 4. The van der Waals surface area contributed by atoms with Gasteiger partial charge in [0, 0.05) is 30.1 Å². The van der Waals surface area contributed by atoms with Gasteiger partial charge in [0.25, 0.3) is 0 Å². The third-order valence-electron chi connectivity index (χ3n) is 3.18. The highest BCUT2D eigenvalue weighted by Gasteiger charge is 2.35. The van der Waals surface area contributed by atoms with Crippen molar-refractivity contribution in [3.05, 3.63) is 40.0 Å². The standard InChI is InChI=1S/C12H10F4N4O/c13-10-4-8(1-2-9(10)12(14,15)16)20-6-7(3-11(20)21)5-18-19-17/h1-2,4,7H,3,5-6H2. The Labute approximate surface area is 116 Å². The van der Waals surface area contributed by atoms with Crippen LogP contribution in [-0.2, 0) is 11.0 Å². The Hall–Kier alpha value is -2.28. The van der Waals surface area contributed by atoms with Crippen LogP contribution in [0.3, 0.4) is 0 Å². The molecule has 0 spiro atoms. The predicted octanol–water partition coefficient (Wildman–Crippen LogP) is 3.51. The van der Waals surface area contributed by atoms with E-state index in [9.17, 15) is 22.4 Å². The first-order valence-corrected chi connectivity index (χ1v) is 6.01. The molecule has 0 N–H and O–H groups in total. The summed E-state index contributed by atoms with van der Waals surface area (Å²) in [6.45, 7) is 0.296. The van der Waals surface area contributed by atoms with E-state index in [1.807, 2.05) is 0 Å². The summed E-state index contributed by atoms with van der Waals surface area (Å²) in [5.41, 5.74) is 6.91. The van der Waals surface area contributed by atoms with Crippen LogP contribution in [0.25, 0.3) is 10.4 Å². The molecule has 1 fully saturated rings. The van der Waals surface area contributed by atoms with Gasteiger partial charge < -0.3 is 4.90 Å². The quantitative estimate of drug-likeness (QED) is 0.364. The molecule has 1 aromatic rings. The second-order valence-corrected chi connectivity index (χ2v) is 4.65. The van der Waals surface area contributed by atoms with Crippen LogP contribution in [0.5, 0.6) is 0 Å². The van der Waals surface area contributed by atoms with Crippen molar-refractivity contribution in [1.29, 1.82) is 0 Å². The normalized spacial score (nSPS) is 18.8. The molecule has 0 saturated carbocycles. The van der Waals surface area contributed by atoms with Gasteiger partial charge in [-0.3, -0.25) is 4.79 Å². The fourth-order valence-corrected chi connectivity index (χ4v) is 2.21. The van der Waals surface area contributed by atoms with Crippen molar-refractivity contribution in [2.75, 3.05) is 18.0 Å². The highest BCUT2D eigenvalue weighted by Crippen LogP contribution is 2.34. The maximum atomic E-state index is 13.5. The fraction of sp³-hybridized carbons (Fsp3) is 0.417. The van der Waals surface area contributed by atoms with Gasteiger partial charge in [-0.15, -0.1) is 0 Å². The number of amides is 1. The van der Waals surface area contributed by atoms with E-state index in [2.05, 4.69) is 10.0 Å². The van der Waals surface area contributed by atoms with Crippen molar-refractivity contribution in [2.45, 2.75) is 12.6 Å². The fourth-order valence-electron chi connectivity index (χ4n) is 2.21. The van der Waals surface area contributed by atoms with Gasteiger partial charge in [0.15, 0.2) is 0 Å². The van der Waals surface area contributed by atoms with Gasteiger partial charge in [0.05, 0.1) is 5.56 Å². The van der Waals surface area contributed by atoms with Gasteiger partial charge in [-0.1, -0.05) is 5.11 Å². The van der Waals surface area contributed by atoms with Crippen molar-refractivity contribution in [3.63, 3.8) is 0 Å². The average molecular weight is 302 g/mol. The van der Waals surface area contributed by atoms with Crippen LogP contribution in [0, 0.1) is 11.7 Å². The van der Waals surface area contributed by atoms with Crippen molar-refractivity contribution < 1.29 is 22.4 Å². The number of hydrogen-bond acceptors (Lipinski definition) is 2. The van der Waals surface area contributed by atoms with Crippen molar-refractivity contribution in [2.24, 2.45) is 11.0 Å². The summed E-state index contributed by atoms with van der Waals surface area (Å²) in [5, 5.41) is 3.36. The zero-order valence-electron chi connectivity index (χ0n) is 10.6. The molecular formula is C12H10F4N4O. The van der Waals surface area contributed by atoms with E-state index >= 15 is 0 Å². The Morgan fingerprint density at radius 2 is 2.14 bits per heavy atom. The zero-order chi connectivity index (χ0) is 15.6. The largest absolute Gasteiger partial charge is 0.419 e. The SMILES string of the molecule is [N-]=[N+]=NCC1CC(=O)N(c2ccc(C(F)(F)F)c(F)c2)C1. The minimum Gasteiger partial charge on any atom is -0.312 e. The molecule has 1 atom stereocenters. The van der Waals surface area contributed by atoms with Crippen LogP contribution in [0.1, 0.15) is 12.0 Å². The summed E-state index contributed by atoms with van der Waals surface area (Å²) in [6.07, 6.45) is -4.66. The first-order chi connectivity index (χ1) is 9.82. The van der Waals surface area contributed by atoms with E-state index in [4.69, 9.17) is 5.53 Å². The summed E-state index contributed by atoms with van der Waals surface area (Å²) in [7, 11) is 0. The van der Waals surface area contributed by atoms with E-state index in [1.165, 1.54) is 4.90 Å². The number of carbonyl (C=O) groups excluding carboxylic acids is 1. The van der Waals surface area contributed by atoms with Crippen LogP contribution in [-0.4, -0.2) is 19.0 Å². The molecule has 21 heavy (non-hydrogen) atoms. The number of rotatable bonds is 3. The van der Waals surface area contributed by atoms with Gasteiger partial charge in [0.2, 0.25) is 5.91 Å². The molecule has 1 unspecified atom stereocenters. The summed E-state index contributed by atoms with van der Waals surface area (Å²) in [4.78, 5) is 15.6. The number of hydrogen-bond donors (Lipinski definition) is 0. The Morgan fingerprint density at radius 1 is 1.43 bits per heavy atom. The molecule has 0 bridgehead atoms. The Morgan fingerprint density at radius 3 is 2.71 bits per heavy atom. The lowest BCUT2D eigenvalue weighted by molar-refractivity contribution is -0.139. The van der Waals surface area contributed by atoms with E-state index in [-0.39, 0.29) is 37.0 Å². The van der Waals surface area contributed by atoms with Crippen LogP contribution < -0.4 is 4.90 Å². The second kappa shape index (κ2) is 5.61. The predicted molar refractivity (Wildman–Crippen MR) is 65.9 cm³/mol. The summed E-state index contributed by atoms with van der Waals surface area (Å²) < 4.78 is 50.9. The lowest BCUT2D eigenvalue weighted by Crippen LogP contribution is -2.25. The van der Waals surface area contributed by atoms with Crippen molar-refractivity contribution >= 4 is 11.6 Å². The summed E-state index contributed by atoms with van der Waals surface area (Å²) in [5.74, 6) is -1.99. The zero-order valence-corrected chi connectivity index (χ0v) is 10.6. The molecule has 0 aliphatic carbocycles. The summed E-state index contributed by atoms with van der Waals surface area (Å²) in [6, 6.07) is 2.36. The molecule has 1 aliphatic heterocycles. The molecule has 1 aliphatic rings. The summed E-state index contributed by atoms with van der Waals surface area (Å²) >= 11 is 0. The van der Waals surface area contributed by atoms with Gasteiger partial charge in [-0.2, -0.15) is 13.2 Å². The third-order valence-corrected chi connectivity index (χ3v) is 3.18. The first kappa shape index (κ1) is 15.1. The smallest absolute Gasteiger partial charge is 0.312 e. The lowest BCUT2D eigenvalue weighted by Gasteiger charge is -2.18. The molecule has 0 aromatic heterocycles. The minimum atomic E-state index is -4.78. The molecule has 1 saturated heterocycles. The van der Waals surface area contributed by atoms with Gasteiger partial charge in [0.1, 0.15) is 5.82 Å².